The molecule has 152 valence electrons. The second kappa shape index (κ2) is 8.33. The topological polar surface area (TPSA) is 46.9 Å². The molecule has 0 saturated carbocycles. The number of carbonyl (C=O) groups is 1. The molecule has 4 aromatic rings. The van der Waals surface area contributed by atoms with E-state index < -0.39 is 0 Å². The molecule has 1 aromatic heterocycles. The molecule has 3 aromatic carbocycles. The molecule has 4 rings (SSSR count). The highest BCUT2D eigenvalue weighted by atomic mass is 35.5. The molecule has 1 N–H and O–H groups in total. The van der Waals surface area contributed by atoms with Gasteiger partial charge in [-0.25, -0.2) is 0 Å². The Morgan fingerprint density at radius 3 is 2.53 bits per heavy atom. The zero-order valence-corrected chi connectivity index (χ0v) is 18.1. The minimum atomic E-state index is -0.0955. The normalized spacial score (nSPS) is 12.1. The standard InChI is InChI=1S/C25H24ClN3O/c1-16-4-7-20(12-17(16)2)18(3)28-25(30)21-8-9-22-14-27-29(24(22)13-21)15-19-5-10-23(26)11-6-19/h4-14,18H,15H2,1-3H3,(H,28,30)/t18-/m1/s1. The van der Waals surface area contributed by atoms with Crippen molar-refractivity contribution in [3.8, 4) is 0 Å². The van der Waals surface area contributed by atoms with Crippen molar-refractivity contribution in [2.45, 2.75) is 33.4 Å². The van der Waals surface area contributed by atoms with Gasteiger partial charge in [0.05, 0.1) is 24.3 Å². The van der Waals surface area contributed by atoms with Gasteiger partial charge in [-0.05, 0) is 67.3 Å². The third-order valence-electron chi connectivity index (χ3n) is 5.53. The van der Waals surface area contributed by atoms with E-state index in [4.69, 9.17) is 11.6 Å². The Morgan fingerprint density at radius 2 is 1.80 bits per heavy atom. The third-order valence-corrected chi connectivity index (χ3v) is 5.78. The summed E-state index contributed by atoms with van der Waals surface area (Å²) in [6.45, 7) is 6.80. The molecule has 0 aliphatic heterocycles. The maximum atomic E-state index is 12.9. The van der Waals surface area contributed by atoms with E-state index in [0.717, 1.165) is 22.0 Å². The Kier molecular flexibility index (Phi) is 5.60. The number of nitrogens with zero attached hydrogens (tertiary/aromatic N) is 2. The summed E-state index contributed by atoms with van der Waals surface area (Å²) < 4.78 is 1.90. The number of hydrogen-bond donors (Lipinski definition) is 1. The smallest absolute Gasteiger partial charge is 0.251 e. The molecular formula is C25H24ClN3O. The Labute approximate surface area is 181 Å². The molecule has 1 atom stereocenters. The second-order valence-electron chi connectivity index (χ2n) is 7.74. The predicted molar refractivity (Wildman–Crippen MR) is 122 cm³/mol. The van der Waals surface area contributed by atoms with Crippen LogP contribution in [0.4, 0.5) is 0 Å². The quantitative estimate of drug-likeness (QED) is 0.443. The van der Waals surface area contributed by atoms with Gasteiger partial charge in [0.2, 0.25) is 0 Å². The Morgan fingerprint density at radius 1 is 1.03 bits per heavy atom. The number of fused-ring (bicyclic) bond motifs is 1. The summed E-state index contributed by atoms with van der Waals surface area (Å²) in [4.78, 5) is 12.9. The molecule has 0 bridgehead atoms. The average Bonchev–Trinajstić information content (AvgIpc) is 3.13. The molecule has 30 heavy (non-hydrogen) atoms. The first-order chi connectivity index (χ1) is 14.4. The molecule has 1 heterocycles. The molecule has 0 saturated heterocycles. The number of aryl methyl sites for hydroxylation is 2. The molecule has 1 amide bonds. The lowest BCUT2D eigenvalue weighted by Gasteiger charge is -2.16. The van der Waals surface area contributed by atoms with Crippen LogP contribution in [0.15, 0.2) is 66.9 Å². The SMILES string of the molecule is Cc1ccc([C@@H](C)NC(=O)c2ccc3cnn(Cc4ccc(Cl)cc4)c3c2)cc1C. The first kappa shape index (κ1) is 20.2. The van der Waals surface area contributed by atoms with Gasteiger partial charge in [0.1, 0.15) is 0 Å². The van der Waals surface area contributed by atoms with Gasteiger partial charge < -0.3 is 5.32 Å². The molecule has 4 nitrogen and oxygen atoms in total. The lowest BCUT2D eigenvalue weighted by molar-refractivity contribution is 0.0940. The number of carbonyl (C=O) groups excluding carboxylic acids is 1. The maximum absolute atomic E-state index is 12.9. The van der Waals surface area contributed by atoms with Gasteiger partial charge in [0, 0.05) is 16.0 Å². The summed E-state index contributed by atoms with van der Waals surface area (Å²) in [6.07, 6.45) is 1.82. The lowest BCUT2D eigenvalue weighted by atomic mass is 10.0. The van der Waals surface area contributed by atoms with E-state index in [1.165, 1.54) is 11.1 Å². The fourth-order valence-electron chi connectivity index (χ4n) is 3.50. The van der Waals surface area contributed by atoms with Crippen molar-refractivity contribution < 1.29 is 4.79 Å². The molecule has 0 radical (unpaired) electrons. The van der Waals surface area contributed by atoms with Gasteiger partial charge in [0.25, 0.3) is 5.91 Å². The van der Waals surface area contributed by atoms with Crippen molar-refractivity contribution in [1.29, 1.82) is 0 Å². The molecule has 0 aliphatic carbocycles. The van der Waals surface area contributed by atoms with Crippen LogP contribution in [-0.2, 0) is 6.54 Å². The summed E-state index contributed by atoms with van der Waals surface area (Å²) in [7, 11) is 0. The Hall–Kier alpha value is -3.11. The minimum absolute atomic E-state index is 0.0773. The van der Waals surface area contributed by atoms with Gasteiger partial charge in [-0.15, -0.1) is 0 Å². The summed E-state index contributed by atoms with van der Waals surface area (Å²) in [6, 6.07) is 19.6. The van der Waals surface area contributed by atoms with E-state index in [1.807, 2.05) is 60.3 Å². The van der Waals surface area contributed by atoms with Crippen LogP contribution in [0.5, 0.6) is 0 Å². The van der Waals surface area contributed by atoms with Crippen molar-refractivity contribution in [1.82, 2.24) is 15.1 Å². The summed E-state index contributed by atoms with van der Waals surface area (Å²) >= 11 is 5.98. The monoisotopic (exact) mass is 417 g/mol. The minimum Gasteiger partial charge on any atom is -0.346 e. The molecule has 0 spiro atoms. The van der Waals surface area contributed by atoms with E-state index in [9.17, 15) is 4.79 Å². The zero-order chi connectivity index (χ0) is 21.3. The largest absolute Gasteiger partial charge is 0.346 e. The molecule has 0 unspecified atom stereocenters. The summed E-state index contributed by atoms with van der Waals surface area (Å²) in [5.41, 5.74) is 6.22. The van der Waals surface area contributed by atoms with Crippen LogP contribution in [0, 0.1) is 13.8 Å². The van der Waals surface area contributed by atoms with Crippen molar-refractivity contribution >= 4 is 28.4 Å². The van der Waals surface area contributed by atoms with E-state index in [0.29, 0.717) is 17.1 Å². The van der Waals surface area contributed by atoms with Crippen LogP contribution in [0.2, 0.25) is 5.02 Å². The average molecular weight is 418 g/mol. The molecule has 5 heteroatoms. The molecule has 0 aliphatic rings. The molecule has 0 fully saturated rings. The van der Waals surface area contributed by atoms with Gasteiger partial charge in [0.15, 0.2) is 0 Å². The van der Waals surface area contributed by atoms with Crippen LogP contribution in [-0.4, -0.2) is 15.7 Å². The number of benzene rings is 3. The number of rotatable bonds is 5. The lowest BCUT2D eigenvalue weighted by Crippen LogP contribution is -2.26. The predicted octanol–water partition coefficient (Wildman–Crippen LogP) is 5.85. The van der Waals surface area contributed by atoms with Crippen LogP contribution in [0.1, 0.15) is 45.6 Å². The number of halogens is 1. The zero-order valence-electron chi connectivity index (χ0n) is 17.3. The van der Waals surface area contributed by atoms with Gasteiger partial charge in [-0.2, -0.15) is 5.10 Å². The van der Waals surface area contributed by atoms with E-state index in [-0.39, 0.29) is 11.9 Å². The van der Waals surface area contributed by atoms with Crippen LogP contribution >= 0.6 is 11.6 Å². The van der Waals surface area contributed by atoms with Crippen molar-refractivity contribution in [2.24, 2.45) is 0 Å². The van der Waals surface area contributed by atoms with Crippen molar-refractivity contribution in [3.05, 3.63) is 99.7 Å². The highest BCUT2D eigenvalue weighted by molar-refractivity contribution is 6.30. The maximum Gasteiger partial charge on any atom is 0.251 e. The third kappa shape index (κ3) is 4.24. The fraction of sp³-hybridized carbons (Fsp3) is 0.200. The van der Waals surface area contributed by atoms with Gasteiger partial charge in [-0.3, -0.25) is 9.48 Å². The number of hydrogen-bond acceptors (Lipinski definition) is 2. The highest BCUT2D eigenvalue weighted by Crippen LogP contribution is 2.20. The van der Waals surface area contributed by atoms with Crippen molar-refractivity contribution in [2.75, 3.05) is 0 Å². The van der Waals surface area contributed by atoms with Crippen LogP contribution in [0.3, 0.4) is 0 Å². The first-order valence-corrected chi connectivity index (χ1v) is 10.4. The second-order valence-corrected chi connectivity index (χ2v) is 8.18. The van der Waals surface area contributed by atoms with Gasteiger partial charge >= 0.3 is 0 Å². The van der Waals surface area contributed by atoms with E-state index in [1.54, 1.807) is 0 Å². The summed E-state index contributed by atoms with van der Waals surface area (Å²) in [5.74, 6) is -0.0955. The van der Waals surface area contributed by atoms with Crippen molar-refractivity contribution in [3.63, 3.8) is 0 Å². The number of aromatic nitrogens is 2. The van der Waals surface area contributed by atoms with E-state index in [2.05, 4.69) is 42.5 Å². The Balaban J connectivity index is 1.55. The number of amides is 1. The van der Waals surface area contributed by atoms with Gasteiger partial charge in [-0.1, -0.05) is 48.0 Å². The van der Waals surface area contributed by atoms with Crippen LogP contribution < -0.4 is 5.32 Å². The summed E-state index contributed by atoms with van der Waals surface area (Å²) in [5, 5.41) is 9.31. The fourth-order valence-corrected chi connectivity index (χ4v) is 3.62. The Bertz CT molecular complexity index is 1210. The number of nitrogens with one attached hydrogen (secondary N) is 1. The molecular weight excluding hydrogens is 394 g/mol. The highest BCUT2D eigenvalue weighted by Gasteiger charge is 2.14. The first-order valence-electron chi connectivity index (χ1n) is 9.99. The van der Waals surface area contributed by atoms with Crippen LogP contribution in [0.25, 0.3) is 10.9 Å². The van der Waals surface area contributed by atoms with E-state index >= 15 is 0 Å².